The Balaban J connectivity index is 1.50. The van der Waals surface area contributed by atoms with E-state index in [2.05, 4.69) is 45.9 Å². The van der Waals surface area contributed by atoms with Crippen molar-refractivity contribution in [2.45, 2.75) is 70.2 Å². The van der Waals surface area contributed by atoms with Crippen LogP contribution < -0.4 is 21.7 Å². The predicted octanol–water partition coefficient (Wildman–Crippen LogP) is 0.314. The van der Waals surface area contributed by atoms with Gasteiger partial charge in [0.2, 0.25) is 23.8 Å². The lowest BCUT2D eigenvalue weighted by atomic mass is 9.81. The first-order valence-electron chi connectivity index (χ1n) is 12.2. The fraction of sp³-hybridized carbons (Fsp3) is 0.727. The van der Waals surface area contributed by atoms with Crippen LogP contribution >= 0.6 is 0 Å². The second kappa shape index (κ2) is 10.8. The number of aliphatic hydroxyl groups is 3. The predicted molar refractivity (Wildman–Crippen MR) is 131 cm³/mol. The van der Waals surface area contributed by atoms with Crippen molar-refractivity contribution in [3.8, 4) is 0 Å². The van der Waals surface area contributed by atoms with Crippen molar-refractivity contribution in [1.82, 2.24) is 29.9 Å². The lowest BCUT2D eigenvalue weighted by molar-refractivity contribution is 0.207. The zero-order chi connectivity index (χ0) is 25.1. The molecule has 0 saturated heterocycles. The summed E-state index contributed by atoms with van der Waals surface area (Å²) in [7, 11) is 0. The van der Waals surface area contributed by atoms with Gasteiger partial charge < -0.3 is 37.0 Å². The quantitative estimate of drug-likeness (QED) is 0.228. The summed E-state index contributed by atoms with van der Waals surface area (Å²) < 4.78 is 0. The van der Waals surface area contributed by atoms with Crippen molar-refractivity contribution in [2.24, 2.45) is 11.8 Å². The minimum atomic E-state index is -0.542. The highest BCUT2D eigenvalue weighted by molar-refractivity contribution is 5.37. The first-order chi connectivity index (χ1) is 16.7. The fourth-order valence-electron chi connectivity index (χ4n) is 5.00. The summed E-state index contributed by atoms with van der Waals surface area (Å²) in [5, 5.41) is 38.0. The van der Waals surface area contributed by atoms with E-state index in [1.54, 1.807) is 20.8 Å². The number of aliphatic hydroxyl groups excluding tert-OH is 3. The molecule has 8 N–H and O–H groups in total. The second-order valence-corrected chi connectivity index (χ2v) is 9.85. The Bertz CT molecular complexity index is 975. The molecule has 0 amide bonds. The van der Waals surface area contributed by atoms with E-state index in [1.165, 1.54) is 0 Å². The smallest absolute Gasteiger partial charge is 0.227 e. The highest BCUT2D eigenvalue weighted by Crippen LogP contribution is 2.58. The maximum absolute atomic E-state index is 9.64. The second-order valence-electron chi connectivity index (χ2n) is 9.85. The molecule has 192 valence electrons. The third kappa shape index (κ3) is 6.41. The molecule has 13 nitrogen and oxygen atoms in total. The summed E-state index contributed by atoms with van der Waals surface area (Å²) in [6, 6.07) is 0. The monoisotopic (exact) mass is 488 g/mol. The Hall–Kier alpha value is -2.90. The molecule has 0 aliphatic heterocycles. The zero-order valence-corrected chi connectivity index (χ0v) is 20.4. The fourth-order valence-corrected chi connectivity index (χ4v) is 5.00. The van der Waals surface area contributed by atoms with Gasteiger partial charge in [-0.15, -0.1) is 0 Å². The summed E-state index contributed by atoms with van der Waals surface area (Å²) >= 11 is 0. The Morgan fingerprint density at radius 1 is 0.657 bits per heavy atom. The molecular formula is C22H36N10O3. The van der Waals surface area contributed by atoms with Gasteiger partial charge in [-0.25, -0.2) is 0 Å². The largest absolute Gasteiger partial charge is 0.392 e. The maximum atomic E-state index is 9.64. The highest BCUT2D eigenvalue weighted by Gasteiger charge is 2.49. The van der Waals surface area contributed by atoms with Crippen molar-refractivity contribution in [3.05, 3.63) is 11.6 Å². The van der Waals surface area contributed by atoms with E-state index < -0.39 is 18.3 Å². The molecule has 4 rings (SSSR count). The molecule has 2 fully saturated rings. The average molecular weight is 489 g/mol. The molecule has 2 bridgehead atoms. The van der Waals surface area contributed by atoms with Gasteiger partial charge in [0.25, 0.3) is 0 Å². The van der Waals surface area contributed by atoms with Crippen LogP contribution in [0.3, 0.4) is 0 Å². The molecule has 2 saturated carbocycles. The van der Waals surface area contributed by atoms with Crippen molar-refractivity contribution >= 4 is 23.8 Å². The zero-order valence-electron chi connectivity index (χ0n) is 20.4. The SMILES string of the molecule is CC(O)CNc1nc(N)nc(C2CC3CC2CC3c2nc(NCC(C)O)nc(NCC(C)O)n2)n1. The molecular weight excluding hydrogens is 452 g/mol. The molecule has 7 unspecified atom stereocenters. The Morgan fingerprint density at radius 2 is 1.06 bits per heavy atom. The number of nitrogens with two attached hydrogens (primary N) is 1. The molecule has 2 aromatic heterocycles. The number of nitrogens with zero attached hydrogens (tertiary/aromatic N) is 6. The van der Waals surface area contributed by atoms with Crippen LogP contribution in [-0.4, -0.2) is 83.2 Å². The maximum Gasteiger partial charge on any atom is 0.227 e. The summed E-state index contributed by atoms with van der Waals surface area (Å²) in [5.74, 6) is 3.85. The van der Waals surface area contributed by atoms with Crippen molar-refractivity contribution in [3.63, 3.8) is 0 Å². The molecule has 13 heteroatoms. The number of anilines is 4. The standard InChI is InChI=1S/C22H36N10O3/c1-10(33)7-24-20-28-17(27-19(23)31-20)15-5-14-4-13(15)6-16(14)18-29-21(25-8-11(2)34)32-22(30-18)26-9-12(3)35/h10-16,33-35H,4-9H2,1-3H3,(H3,23,24,27,28,31)(H2,25,26,29,30,32). The number of aromatic nitrogens is 6. The van der Waals surface area contributed by atoms with Crippen LogP contribution in [0.4, 0.5) is 23.8 Å². The van der Waals surface area contributed by atoms with Gasteiger partial charge in [0.1, 0.15) is 11.6 Å². The van der Waals surface area contributed by atoms with Crippen molar-refractivity contribution in [2.75, 3.05) is 41.3 Å². The molecule has 0 radical (unpaired) electrons. The van der Waals surface area contributed by atoms with Gasteiger partial charge in [0, 0.05) is 31.5 Å². The van der Waals surface area contributed by atoms with Crippen LogP contribution in [0.1, 0.15) is 63.5 Å². The van der Waals surface area contributed by atoms with E-state index in [0.29, 0.717) is 61.0 Å². The van der Waals surface area contributed by atoms with Gasteiger partial charge in [0.05, 0.1) is 18.3 Å². The number of hydrogen-bond acceptors (Lipinski definition) is 13. The van der Waals surface area contributed by atoms with Crippen LogP contribution in [0.2, 0.25) is 0 Å². The molecule has 35 heavy (non-hydrogen) atoms. The lowest BCUT2D eigenvalue weighted by Crippen LogP contribution is -2.24. The molecule has 0 aromatic carbocycles. The molecule has 2 aromatic rings. The lowest BCUT2D eigenvalue weighted by Gasteiger charge is -2.27. The van der Waals surface area contributed by atoms with Crippen LogP contribution in [0.25, 0.3) is 0 Å². The van der Waals surface area contributed by atoms with Gasteiger partial charge in [-0.1, -0.05) is 0 Å². The molecule has 2 aliphatic carbocycles. The third-order valence-electron chi connectivity index (χ3n) is 6.51. The van der Waals surface area contributed by atoms with Gasteiger partial charge in [-0.05, 0) is 51.9 Å². The van der Waals surface area contributed by atoms with E-state index in [4.69, 9.17) is 5.73 Å². The number of nitrogen functional groups attached to an aromatic ring is 1. The van der Waals surface area contributed by atoms with Gasteiger partial charge in [0.15, 0.2) is 0 Å². The van der Waals surface area contributed by atoms with E-state index >= 15 is 0 Å². The molecule has 2 aliphatic rings. The molecule has 0 spiro atoms. The van der Waals surface area contributed by atoms with Gasteiger partial charge in [-0.2, -0.15) is 29.9 Å². The van der Waals surface area contributed by atoms with Crippen LogP contribution in [-0.2, 0) is 0 Å². The summed E-state index contributed by atoms with van der Waals surface area (Å²) in [6.45, 7) is 6.05. The van der Waals surface area contributed by atoms with Crippen LogP contribution in [0.15, 0.2) is 0 Å². The van der Waals surface area contributed by atoms with E-state index in [9.17, 15) is 15.3 Å². The minimum absolute atomic E-state index is 0.169. The van der Waals surface area contributed by atoms with Gasteiger partial charge in [-0.3, -0.25) is 0 Å². The number of rotatable bonds is 11. The normalized spacial score (nSPS) is 25.8. The van der Waals surface area contributed by atoms with E-state index in [1.807, 2.05) is 0 Å². The Kier molecular flexibility index (Phi) is 7.77. The van der Waals surface area contributed by atoms with E-state index in [-0.39, 0.29) is 17.8 Å². The number of fused-ring (bicyclic) bond motifs is 2. The van der Waals surface area contributed by atoms with E-state index in [0.717, 1.165) is 19.3 Å². The van der Waals surface area contributed by atoms with Crippen LogP contribution in [0.5, 0.6) is 0 Å². The first kappa shape index (κ1) is 25.2. The van der Waals surface area contributed by atoms with Crippen molar-refractivity contribution < 1.29 is 15.3 Å². The average Bonchev–Trinajstić information content (AvgIpc) is 3.41. The van der Waals surface area contributed by atoms with Crippen LogP contribution in [0, 0.1) is 11.8 Å². The molecule has 7 atom stereocenters. The highest BCUT2D eigenvalue weighted by atomic mass is 16.3. The summed E-state index contributed by atoms with van der Waals surface area (Å²) in [4.78, 5) is 26.8. The summed E-state index contributed by atoms with van der Waals surface area (Å²) in [6.07, 6.45) is 1.20. The van der Waals surface area contributed by atoms with Gasteiger partial charge >= 0.3 is 0 Å². The minimum Gasteiger partial charge on any atom is -0.392 e. The third-order valence-corrected chi connectivity index (χ3v) is 6.51. The number of hydrogen-bond donors (Lipinski definition) is 7. The Morgan fingerprint density at radius 3 is 1.46 bits per heavy atom. The first-order valence-corrected chi connectivity index (χ1v) is 12.2. The Labute approximate surface area is 204 Å². The van der Waals surface area contributed by atoms with Crippen molar-refractivity contribution in [1.29, 1.82) is 0 Å². The summed E-state index contributed by atoms with van der Waals surface area (Å²) in [5.41, 5.74) is 5.94. The molecule has 2 heterocycles. The topological polar surface area (TPSA) is 200 Å². The number of nitrogens with one attached hydrogen (secondary N) is 3.